The van der Waals surface area contributed by atoms with Crippen molar-refractivity contribution in [3.63, 3.8) is 0 Å². The van der Waals surface area contributed by atoms with Crippen LogP contribution in [-0.4, -0.2) is 26.9 Å². The van der Waals surface area contributed by atoms with E-state index in [4.69, 9.17) is 0 Å². The Morgan fingerprint density at radius 1 is 1.42 bits per heavy atom. The van der Waals surface area contributed by atoms with Gasteiger partial charge in [0.1, 0.15) is 0 Å². The number of aryl methyl sites for hydroxylation is 2. The Morgan fingerprint density at radius 2 is 2.12 bits per heavy atom. The predicted molar refractivity (Wildman–Crippen MR) is 92.6 cm³/mol. The lowest BCUT2D eigenvalue weighted by molar-refractivity contribution is -0.126. The van der Waals surface area contributed by atoms with Gasteiger partial charge < -0.3 is 10.4 Å². The summed E-state index contributed by atoms with van der Waals surface area (Å²) in [7, 11) is 1.92. The maximum atomic E-state index is 12.6. The third kappa shape index (κ3) is 2.96. The zero-order chi connectivity index (χ0) is 17.4. The van der Waals surface area contributed by atoms with Gasteiger partial charge >= 0.3 is 0 Å². The number of fused-ring (bicyclic) bond motifs is 1. The molecule has 3 rings (SSSR count). The minimum atomic E-state index is -0.555. The van der Waals surface area contributed by atoms with Crippen molar-refractivity contribution in [3.8, 4) is 0 Å². The van der Waals surface area contributed by atoms with Crippen molar-refractivity contribution in [1.82, 2.24) is 15.1 Å². The van der Waals surface area contributed by atoms with E-state index in [2.05, 4.69) is 10.4 Å². The van der Waals surface area contributed by atoms with E-state index < -0.39 is 6.10 Å². The molecule has 24 heavy (non-hydrogen) atoms. The monoisotopic (exact) mass is 327 g/mol. The maximum Gasteiger partial charge on any atom is 0.223 e. The fourth-order valence-electron chi connectivity index (χ4n) is 3.56. The number of aromatic nitrogens is 2. The van der Waals surface area contributed by atoms with Crippen LogP contribution in [0.4, 0.5) is 0 Å². The highest BCUT2D eigenvalue weighted by Gasteiger charge is 2.33. The smallest absolute Gasteiger partial charge is 0.223 e. The quantitative estimate of drug-likeness (QED) is 0.902. The average Bonchev–Trinajstić information content (AvgIpc) is 2.98. The molecule has 5 heteroatoms. The number of aliphatic hydroxyl groups is 1. The molecule has 0 spiro atoms. The SMILES string of the molecule is Cc1nn(C)c(C)c1CC(C)C(=O)N[C@H]1c2ccccc2C[C@H]1O. The van der Waals surface area contributed by atoms with Gasteiger partial charge in [-0.1, -0.05) is 31.2 Å². The number of benzene rings is 1. The summed E-state index contributed by atoms with van der Waals surface area (Å²) in [6, 6.07) is 7.59. The molecule has 2 N–H and O–H groups in total. The number of amides is 1. The minimum Gasteiger partial charge on any atom is -0.390 e. The first-order valence-corrected chi connectivity index (χ1v) is 8.43. The van der Waals surface area contributed by atoms with Crippen molar-refractivity contribution in [2.75, 3.05) is 0 Å². The molecule has 1 heterocycles. The molecule has 0 aliphatic heterocycles. The van der Waals surface area contributed by atoms with E-state index in [-0.39, 0.29) is 17.9 Å². The van der Waals surface area contributed by atoms with Gasteiger partial charge in [-0.15, -0.1) is 0 Å². The Morgan fingerprint density at radius 3 is 2.79 bits per heavy atom. The van der Waals surface area contributed by atoms with E-state index in [0.717, 1.165) is 28.1 Å². The molecule has 0 radical (unpaired) electrons. The van der Waals surface area contributed by atoms with E-state index in [9.17, 15) is 9.90 Å². The van der Waals surface area contributed by atoms with E-state index in [1.54, 1.807) is 0 Å². The Kier molecular flexibility index (Phi) is 4.45. The molecule has 5 nitrogen and oxygen atoms in total. The molecular formula is C19H25N3O2. The van der Waals surface area contributed by atoms with Gasteiger partial charge in [0.15, 0.2) is 0 Å². The fraction of sp³-hybridized carbons (Fsp3) is 0.474. The van der Waals surface area contributed by atoms with Crippen molar-refractivity contribution in [2.45, 2.75) is 45.8 Å². The van der Waals surface area contributed by atoms with Crippen LogP contribution in [0.1, 0.15) is 41.0 Å². The standard InChI is InChI=1S/C19H25N3O2/c1-11(9-16-12(2)21-22(4)13(16)3)19(24)20-18-15-8-6-5-7-14(15)10-17(18)23/h5-8,11,17-18,23H,9-10H2,1-4H3,(H,20,24)/t11?,17-,18+/m1/s1. The predicted octanol–water partition coefficient (Wildman–Crippen LogP) is 1.99. The summed E-state index contributed by atoms with van der Waals surface area (Å²) in [4.78, 5) is 12.6. The molecule has 1 unspecified atom stereocenters. The van der Waals surface area contributed by atoms with Crippen LogP contribution in [-0.2, 0) is 24.7 Å². The lowest BCUT2D eigenvalue weighted by atomic mass is 9.98. The van der Waals surface area contributed by atoms with Gasteiger partial charge in [0.25, 0.3) is 0 Å². The lowest BCUT2D eigenvalue weighted by Gasteiger charge is -2.21. The second-order valence-corrected chi connectivity index (χ2v) is 6.83. The molecule has 128 valence electrons. The van der Waals surface area contributed by atoms with Crippen LogP contribution in [0, 0.1) is 19.8 Å². The van der Waals surface area contributed by atoms with E-state index in [1.165, 1.54) is 0 Å². The highest BCUT2D eigenvalue weighted by molar-refractivity contribution is 5.79. The molecule has 1 aromatic heterocycles. The highest BCUT2D eigenvalue weighted by atomic mass is 16.3. The van der Waals surface area contributed by atoms with Gasteiger partial charge in [-0.05, 0) is 37.0 Å². The maximum absolute atomic E-state index is 12.6. The number of nitrogens with one attached hydrogen (secondary N) is 1. The third-order valence-electron chi connectivity index (χ3n) is 5.12. The number of hydrogen-bond donors (Lipinski definition) is 2. The van der Waals surface area contributed by atoms with Gasteiger partial charge in [-0.25, -0.2) is 0 Å². The largest absolute Gasteiger partial charge is 0.390 e. The minimum absolute atomic E-state index is 0.0293. The summed E-state index contributed by atoms with van der Waals surface area (Å²) in [5, 5.41) is 17.7. The zero-order valence-electron chi connectivity index (χ0n) is 14.7. The Hall–Kier alpha value is -2.14. The van der Waals surface area contributed by atoms with Crippen molar-refractivity contribution < 1.29 is 9.90 Å². The number of carbonyl (C=O) groups excluding carboxylic acids is 1. The molecule has 1 amide bonds. The topological polar surface area (TPSA) is 67.2 Å². The summed E-state index contributed by atoms with van der Waals surface area (Å²) >= 11 is 0. The Balaban J connectivity index is 1.71. The normalized spacial score (nSPS) is 20.7. The van der Waals surface area contributed by atoms with Crippen LogP contribution in [0.15, 0.2) is 24.3 Å². The van der Waals surface area contributed by atoms with Crippen molar-refractivity contribution >= 4 is 5.91 Å². The molecule has 0 saturated heterocycles. The molecule has 1 aromatic carbocycles. The first kappa shape index (κ1) is 16.7. The van der Waals surface area contributed by atoms with E-state index in [1.807, 2.05) is 56.8 Å². The van der Waals surface area contributed by atoms with Gasteiger partial charge in [-0.2, -0.15) is 5.10 Å². The summed E-state index contributed by atoms with van der Waals surface area (Å²) in [5.41, 5.74) is 5.34. The molecule has 3 atom stereocenters. The van der Waals surface area contributed by atoms with E-state index in [0.29, 0.717) is 12.8 Å². The fourth-order valence-corrected chi connectivity index (χ4v) is 3.56. The van der Waals surface area contributed by atoms with Crippen LogP contribution < -0.4 is 5.32 Å². The van der Waals surface area contributed by atoms with Crippen LogP contribution >= 0.6 is 0 Å². The summed E-state index contributed by atoms with van der Waals surface area (Å²) in [6.45, 7) is 5.93. The van der Waals surface area contributed by atoms with Crippen LogP contribution in [0.2, 0.25) is 0 Å². The van der Waals surface area contributed by atoms with Crippen molar-refractivity contribution in [3.05, 3.63) is 52.3 Å². The summed E-state index contributed by atoms with van der Waals surface area (Å²) < 4.78 is 1.85. The Bertz CT molecular complexity index is 766. The van der Waals surface area contributed by atoms with E-state index >= 15 is 0 Å². The first-order chi connectivity index (χ1) is 11.4. The highest BCUT2D eigenvalue weighted by Crippen LogP contribution is 2.31. The molecule has 0 bridgehead atoms. The van der Waals surface area contributed by atoms with Gasteiger partial charge in [-0.3, -0.25) is 9.48 Å². The van der Waals surface area contributed by atoms with Crippen LogP contribution in [0.5, 0.6) is 0 Å². The lowest BCUT2D eigenvalue weighted by Crippen LogP contribution is -2.37. The number of carbonyl (C=O) groups is 1. The second-order valence-electron chi connectivity index (χ2n) is 6.83. The number of rotatable bonds is 4. The number of nitrogens with zero attached hydrogens (tertiary/aromatic N) is 2. The number of hydrogen-bond acceptors (Lipinski definition) is 3. The van der Waals surface area contributed by atoms with Crippen molar-refractivity contribution in [2.24, 2.45) is 13.0 Å². The van der Waals surface area contributed by atoms with Gasteiger partial charge in [0, 0.05) is 25.1 Å². The molecule has 1 aliphatic carbocycles. The summed E-state index contributed by atoms with van der Waals surface area (Å²) in [6.07, 6.45) is 0.693. The van der Waals surface area contributed by atoms with Gasteiger partial charge in [0.2, 0.25) is 5.91 Å². The van der Waals surface area contributed by atoms with Crippen molar-refractivity contribution in [1.29, 1.82) is 0 Å². The molecule has 1 aliphatic rings. The van der Waals surface area contributed by atoms with Crippen LogP contribution in [0.3, 0.4) is 0 Å². The first-order valence-electron chi connectivity index (χ1n) is 8.43. The summed E-state index contributed by atoms with van der Waals surface area (Å²) in [5.74, 6) is -0.204. The third-order valence-corrected chi connectivity index (χ3v) is 5.12. The Labute approximate surface area is 142 Å². The molecule has 0 fully saturated rings. The number of aliphatic hydroxyl groups excluding tert-OH is 1. The zero-order valence-corrected chi connectivity index (χ0v) is 14.7. The average molecular weight is 327 g/mol. The molecule has 2 aromatic rings. The van der Waals surface area contributed by atoms with Crippen LogP contribution in [0.25, 0.3) is 0 Å². The second kappa shape index (κ2) is 6.40. The van der Waals surface area contributed by atoms with Gasteiger partial charge in [0.05, 0.1) is 17.8 Å². The molecular weight excluding hydrogens is 302 g/mol. The molecule has 0 saturated carbocycles.